The summed E-state index contributed by atoms with van der Waals surface area (Å²) in [5.74, 6) is 0. The molecule has 3 aromatic rings. The van der Waals surface area contributed by atoms with Crippen molar-refractivity contribution in [1.82, 2.24) is 8.96 Å². The van der Waals surface area contributed by atoms with Crippen molar-refractivity contribution in [2.24, 2.45) is 0 Å². The number of rotatable bonds is 3. The molecule has 0 unspecified atom stereocenters. The summed E-state index contributed by atoms with van der Waals surface area (Å²) in [7, 11) is -4.26. The smallest absolute Gasteiger partial charge is 0.399 e. The van der Waals surface area contributed by atoms with Gasteiger partial charge in [0.1, 0.15) is 0 Å². The number of hydrogen-bond donors (Lipinski definition) is 0. The van der Waals surface area contributed by atoms with Gasteiger partial charge in [-0.2, -0.15) is 0 Å². The van der Waals surface area contributed by atoms with Gasteiger partial charge in [0.25, 0.3) is 10.0 Å². The number of fused-ring (bicyclic) bond motifs is 1. The van der Waals surface area contributed by atoms with Crippen molar-refractivity contribution in [1.29, 1.82) is 0 Å². The van der Waals surface area contributed by atoms with E-state index < -0.39 is 28.3 Å². The summed E-state index contributed by atoms with van der Waals surface area (Å²) in [4.78, 5) is 4.64. The average molecular weight is 398 g/mol. The van der Waals surface area contributed by atoms with E-state index in [4.69, 9.17) is 9.31 Å². The minimum Gasteiger partial charge on any atom is -0.399 e. The van der Waals surface area contributed by atoms with Crippen molar-refractivity contribution in [2.45, 2.75) is 50.7 Å². The lowest BCUT2D eigenvalue weighted by atomic mass is 9.80. The Morgan fingerprint density at radius 1 is 1.00 bits per heavy atom. The lowest BCUT2D eigenvalue weighted by Crippen LogP contribution is -2.41. The zero-order valence-electron chi connectivity index (χ0n) is 16.6. The molecule has 2 aromatic heterocycles. The second kappa shape index (κ2) is 6.17. The number of pyridine rings is 1. The van der Waals surface area contributed by atoms with Crippen molar-refractivity contribution in [3.63, 3.8) is 0 Å². The maximum Gasteiger partial charge on any atom is 0.496 e. The molecule has 1 aliphatic rings. The van der Waals surface area contributed by atoms with E-state index in [2.05, 4.69) is 4.98 Å². The van der Waals surface area contributed by atoms with Gasteiger partial charge >= 0.3 is 7.12 Å². The summed E-state index contributed by atoms with van der Waals surface area (Å²) in [6, 6.07) is 10.4. The van der Waals surface area contributed by atoms with Gasteiger partial charge in [-0.25, -0.2) is 17.4 Å². The molecule has 146 valence electrons. The van der Waals surface area contributed by atoms with E-state index in [1.165, 1.54) is 10.2 Å². The van der Waals surface area contributed by atoms with Crippen LogP contribution in [-0.4, -0.2) is 35.7 Å². The van der Waals surface area contributed by atoms with Gasteiger partial charge in [-0.3, -0.25) is 0 Å². The molecule has 0 atom stereocenters. The zero-order valence-corrected chi connectivity index (χ0v) is 17.4. The third-order valence-electron chi connectivity index (χ3n) is 5.62. The molecule has 1 aromatic carbocycles. The van der Waals surface area contributed by atoms with E-state index >= 15 is 0 Å². The Labute approximate surface area is 165 Å². The number of aromatic nitrogens is 2. The Morgan fingerprint density at radius 2 is 1.61 bits per heavy atom. The van der Waals surface area contributed by atoms with Gasteiger partial charge in [0.05, 0.1) is 16.1 Å². The molecule has 0 saturated carbocycles. The standard InChI is InChI=1S/C20H23BN2O4S/c1-14-6-8-17(9-7-14)28(24,25)23-11-10-15-12-16(13-22-18(15)23)21-26-19(2,3)20(4,5)27-21/h6-13H,1-5H3. The highest BCUT2D eigenvalue weighted by Crippen LogP contribution is 2.36. The fourth-order valence-electron chi connectivity index (χ4n) is 3.14. The third kappa shape index (κ3) is 2.96. The van der Waals surface area contributed by atoms with Gasteiger partial charge in [-0.1, -0.05) is 17.7 Å². The molecule has 0 spiro atoms. The van der Waals surface area contributed by atoms with Crippen LogP contribution >= 0.6 is 0 Å². The molecule has 28 heavy (non-hydrogen) atoms. The largest absolute Gasteiger partial charge is 0.496 e. The Kier molecular flexibility index (Phi) is 4.23. The SMILES string of the molecule is Cc1ccc(S(=O)(=O)n2ccc3cc(B4OC(C)(C)C(C)(C)O4)cnc32)cc1. The monoisotopic (exact) mass is 398 g/mol. The molecule has 3 heterocycles. The molecule has 6 nitrogen and oxygen atoms in total. The van der Waals surface area contributed by atoms with Crippen LogP contribution in [0.3, 0.4) is 0 Å². The Hall–Kier alpha value is -2.16. The highest BCUT2D eigenvalue weighted by molar-refractivity contribution is 7.90. The molecule has 1 fully saturated rings. The van der Waals surface area contributed by atoms with Crippen molar-refractivity contribution in [3.05, 3.63) is 54.4 Å². The molecule has 0 radical (unpaired) electrons. The lowest BCUT2D eigenvalue weighted by Gasteiger charge is -2.32. The van der Waals surface area contributed by atoms with Gasteiger partial charge in [-0.15, -0.1) is 0 Å². The normalized spacial score (nSPS) is 18.7. The Balaban J connectivity index is 1.72. The quantitative estimate of drug-likeness (QED) is 0.635. The highest BCUT2D eigenvalue weighted by atomic mass is 32.2. The predicted molar refractivity (Wildman–Crippen MR) is 109 cm³/mol. The van der Waals surface area contributed by atoms with E-state index in [9.17, 15) is 8.42 Å². The second-order valence-electron chi connectivity index (χ2n) is 8.20. The van der Waals surface area contributed by atoms with E-state index in [-0.39, 0.29) is 4.90 Å². The molecule has 0 N–H and O–H groups in total. The summed E-state index contributed by atoms with van der Waals surface area (Å²) >= 11 is 0. The number of benzene rings is 1. The van der Waals surface area contributed by atoms with Crippen LogP contribution in [0.25, 0.3) is 11.0 Å². The van der Waals surface area contributed by atoms with E-state index in [1.807, 2.05) is 40.7 Å². The van der Waals surface area contributed by atoms with Crippen LogP contribution in [0, 0.1) is 6.92 Å². The predicted octanol–water partition coefficient (Wildman–Crippen LogP) is 2.88. The van der Waals surface area contributed by atoms with Gasteiger partial charge in [0, 0.05) is 23.2 Å². The molecular formula is C20H23BN2O4S. The fourth-order valence-corrected chi connectivity index (χ4v) is 4.45. The Bertz CT molecular complexity index is 1130. The molecule has 0 bridgehead atoms. The lowest BCUT2D eigenvalue weighted by molar-refractivity contribution is 0.00578. The van der Waals surface area contributed by atoms with E-state index in [0.29, 0.717) is 11.0 Å². The van der Waals surface area contributed by atoms with Crippen LogP contribution in [0.4, 0.5) is 0 Å². The molecule has 1 aliphatic heterocycles. The van der Waals surface area contributed by atoms with Gasteiger partial charge in [-0.05, 0) is 58.9 Å². The van der Waals surface area contributed by atoms with Crippen LogP contribution < -0.4 is 5.46 Å². The minimum atomic E-state index is -3.72. The first-order valence-electron chi connectivity index (χ1n) is 9.16. The van der Waals surface area contributed by atoms with Crippen LogP contribution in [0.5, 0.6) is 0 Å². The Morgan fingerprint density at radius 3 is 2.21 bits per heavy atom. The van der Waals surface area contributed by atoms with Crippen LogP contribution in [-0.2, 0) is 19.3 Å². The van der Waals surface area contributed by atoms with Crippen molar-refractivity contribution in [3.8, 4) is 0 Å². The van der Waals surface area contributed by atoms with Gasteiger partial charge in [0.15, 0.2) is 5.65 Å². The fraction of sp³-hybridized carbons (Fsp3) is 0.350. The first kappa shape index (κ1) is 19.2. The first-order chi connectivity index (χ1) is 13.0. The maximum absolute atomic E-state index is 13.0. The molecule has 8 heteroatoms. The molecule has 1 saturated heterocycles. The van der Waals surface area contributed by atoms with Gasteiger partial charge in [0.2, 0.25) is 0 Å². The second-order valence-corrected chi connectivity index (χ2v) is 10.0. The van der Waals surface area contributed by atoms with E-state index in [1.54, 1.807) is 36.5 Å². The summed E-state index contributed by atoms with van der Waals surface area (Å²) in [6.07, 6.45) is 3.15. The number of aryl methyl sites for hydroxylation is 1. The molecule has 0 aliphatic carbocycles. The number of nitrogens with zero attached hydrogens (tertiary/aromatic N) is 2. The van der Waals surface area contributed by atoms with E-state index in [0.717, 1.165) is 11.0 Å². The average Bonchev–Trinajstić information content (AvgIpc) is 3.13. The first-order valence-corrected chi connectivity index (χ1v) is 10.6. The topological polar surface area (TPSA) is 70.4 Å². The van der Waals surface area contributed by atoms with Crippen molar-refractivity contribution < 1.29 is 17.7 Å². The van der Waals surface area contributed by atoms with Crippen molar-refractivity contribution >= 4 is 33.6 Å². The molecular weight excluding hydrogens is 375 g/mol. The summed E-state index contributed by atoms with van der Waals surface area (Å²) in [5.41, 5.74) is 1.24. The van der Waals surface area contributed by atoms with Crippen LogP contribution in [0.15, 0.2) is 53.7 Å². The molecule has 0 amide bonds. The summed E-state index contributed by atoms with van der Waals surface area (Å²) in [6.45, 7) is 9.88. The van der Waals surface area contributed by atoms with Crippen LogP contribution in [0.1, 0.15) is 33.3 Å². The molecule has 4 rings (SSSR count). The zero-order chi connectivity index (χ0) is 20.3. The maximum atomic E-state index is 13.0. The summed E-state index contributed by atoms with van der Waals surface area (Å²) < 4.78 is 39.4. The number of hydrogen-bond acceptors (Lipinski definition) is 5. The minimum absolute atomic E-state index is 0.229. The van der Waals surface area contributed by atoms with Crippen molar-refractivity contribution in [2.75, 3.05) is 0 Å². The highest BCUT2D eigenvalue weighted by Gasteiger charge is 2.51. The van der Waals surface area contributed by atoms with Crippen LogP contribution in [0.2, 0.25) is 0 Å². The third-order valence-corrected chi connectivity index (χ3v) is 7.30. The summed E-state index contributed by atoms with van der Waals surface area (Å²) in [5, 5.41) is 0.711. The van der Waals surface area contributed by atoms with Gasteiger partial charge < -0.3 is 9.31 Å².